The van der Waals surface area contributed by atoms with Crippen molar-refractivity contribution in [3.63, 3.8) is 0 Å². The zero-order chi connectivity index (χ0) is 44.7. The summed E-state index contributed by atoms with van der Waals surface area (Å²) in [4.78, 5) is 0. The summed E-state index contributed by atoms with van der Waals surface area (Å²) in [6, 6.07) is 5.57. The molecule has 332 valence electrons. The molecule has 57 heavy (non-hydrogen) atoms. The Morgan fingerprint density at radius 1 is 0.649 bits per heavy atom. The molecule has 0 unspecified atom stereocenters. The van der Waals surface area contributed by atoms with Crippen LogP contribution in [0.25, 0.3) is 0 Å². The molecule has 0 aliphatic heterocycles. The van der Waals surface area contributed by atoms with Crippen LogP contribution in [0.3, 0.4) is 0 Å². The molecule has 0 N–H and O–H groups in total. The molecule has 3 nitrogen and oxygen atoms in total. The lowest BCUT2D eigenvalue weighted by atomic mass is 9.90. The monoisotopic (exact) mass is 870 g/mol. The Bertz CT molecular complexity index is 1440. The average Bonchev–Trinajstić information content (AvgIpc) is 3.07. The summed E-state index contributed by atoms with van der Waals surface area (Å²) in [5.74, 6) is -45.8. The maximum absolute atomic E-state index is 14.1. The van der Waals surface area contributed by atoms with Gasteiger partial charge in [0, 0.05) is 13.0 Å². The summed E-state index contributed by atoms with van der Waals surface area (Å²) in [6.45, 7) is 19.1. The second-order valence-electron chi connectivity index (χ2n) is 16.0. The number of benzene rings is 1. The number of ether oxygens (including phenoxy) is 2. The third-order valence-corrected chi connectivity index (χ3v) is 14.5. The van der Waals surface area contributed by atoms with Crippen molar-refractivity contribution in [2.24, 2.45) is 17.8 Å². The summed E-state index contributed by atoms with van der Waals surface area (Å²) in [5.41, 5.74) is 0.621. The Labute approximate surface area is 325 Å². The van der Waals surface area contributed by atoms with Crippen LogP contribution >= 0.6 is 0 Å². The Balaban J connectivity index is 2.63. The predicted octanol–water partition coefficient (Wildman–Crippen LogP) is 13.9. The van der Waals surface area contributed by atoms with Gasteiger partial charge in [-0.2, -0.15) is 65.9 Å². The van der Waals surface area contributed by atoms with E-state index in [1.54, 1.807) is 0 Å². The Hall–Kier alpha value is -2.41. The number of alkyl halides is 15. The van der Waals surface area contributed by atoms with E-state index in [-0.39, 0.29) is 29.4 Å². The van der Waals surface area contributed by atoms with Crippen molar-refractivity contribution in [3.05, 3.63) is 54.1 Å². The third-order valence-electron chi connectivity index (χ3n) is 9.96. The van der Waals surface area contributed by atoms with Crippen molar-refractivity contribution in [2.75, 3.05) is 13.2 Å². The van der Waals surface area contributed by atoms with Gasteiger partial charge in [-0.25, -0.2) is 0 Å². The van der Waals surface area contributed by atoms with Crippen LogP contribution in [0.4, 0.5) is 65.9 Å². The highest BCUT2D eigenvalue weighted by atomic mass is 28.4. The molecule has 1 aromatic carbocycles. The van der Waals surface area contributed by atoms with Gasteiger partial charge >= 0.3 is 41.7 Å². The van der Waals surface area contributed by atoms with Crippen LogP contribution in [0.2, 0.25) is 18.1 Å². The maximum atomic E-state index is 14.1. The van der Waals surface area contributed by atoms with Gasteiger partial charge < -0.3 is 13.9 Å². The van der Waals surface area contributed by atoms with Crippen LogP contribution in [0, 0.1) is 17.8 Å². The minimum atomic E-state index is -8.29. The first-order valence-corrected chi connectivity index (χ1v) is 21.0. The molecule has 1 rings (SSSR count). The predicted molar refractivity (Wildman–Crippen MR) is 189 cm³/mol. The lowest BCUT2D eigenvalue weighted by Gasteiger charge is -2.41. The normalized spacial score (nSPS) is 17.0. The van der Waals surface area contributed by atoms with Crippen LogP contribution in [-0.2, 0) is 15.8 Å². The molecule has 0 radical (unpaired) electrons. The third kappa shape index (κ3) is 12.8. The first-order chi connectivity index (χ1) is 25.5. The number of allylic oxidation sites excluding steroid dienone is 3. The van der Waals surface area contributed by atoms with E-state index in [1.807, 2.05) is 19.9 Å². The molecular formula is C38H53F15O3Si. The van der Waals surface area contributed by atoms with Crippen LogP contribution in [0.15, 0.2) is 48.6 Å². The van der Waals surface area contributed by atoms with Crippen LogP contribution in [0.5, 0.6) is 5.75 Å². The van der Waals surface area contributed by atoms with Crippen molar-refractivity contribution in [1.82, 2.24) is 0 Å². The van der Waals surface area contributed by atoms with E-state index in [2.05, 4.69) is 65.9 Å². The molecule has 0 bridgehead atoms. The first kappa shape index (κ1) is 52.6. The molecule has 4 atom stereocenters. The zero-order valence-corrected chi connectivity index (χ0v) is 34.3. The average molecular weight is 871 g/mol. The number of hydrogen-bond donors (Lipinski definition) is 0. The summed E-state index contributed by atoms with van der Waals surface area (Å²) in [7, 11) is -1.79. The molecule has 19 heteroatoms. The number of rotatable bonds is 23. The van der Waals surface area contributed by atoms with Crippen molar-refractivity contribution in [1.29, 1.82) is 0 Å². The molecule has 0 aromatic heterocycles. The second kappa shape index (κ2) is 19.3. The van der Waals surface area contributed by atoms with Crippen molar-refractivity contribution in [3.8, 4) is 5.75 Å². The van der Waals surface area contributed by atoms with E-state index in [1.165, 1.54) is 24.3 Å². The lowest BCUT2D eigenvalue weighted by molar-refractivity contribution is -0.452. The van der Waals surface area contributed by atoms with Gasteiger partial charge in [-0.1, -0.05) is 78.0 Å². The fourth-order valence-corrected chi connectivity index (χ4v) is 5.76. The molecule has 0 spiro atoms. The van der Waals surface area contributed by atoms with E-state index in [0.717, 1.165) is 19.4 Å². The molecule has 0 fully saturated rings. The fourth-order valence-electron chi connectivity index (χ4n) is 4.62. The largest absolute Gasteiger partial charge is 0.494 e. The standard InChI is InChI=1S/C38H53F15O3Si/c1-25(13-10-15-26(2)23-56-57(8,9)31(5,6)7)14-11-16-27(3)28(4)55-24-29-17-19-30(20-18-29)54-22-12-21-32(39,40)33(41,42)34(43,44)35(45,46)36(47,48)37(49,50)38(51,52)53/h10-11,13,16-20,25-28H,12,14-15,21-24H2,1-9H3/b13-10+,16-11+/t25-,26+,27+,28-/m0/s1. The SMILES string of the molecule is C[C@H](C/C=C/[C@H](C)C/C=C/[C@@H](C)[C@H](C)OCc1ccc(OCCCC(F)(F)C(F)(F)C(F)(F)C(F)(F)C(F)(F)C(F)(F)C(F)(F)F)cc1)CO[Si](C)(C)C(C)(C)C. The topological polar surface area (TPSA) is 27.7 Å². The van der Waals surface area contributed by atoms with Crippen molar-refractivity contribution < 1.29 is 79.8 Å². The minimum Gasteiger partial charge on any atom is -0.494 e. The van der Waals surface area contributed by atoms with Gasteiger partial charge in [-0.15, -0.1) is 0 Å². The van der Waals surface area contributed by atoms with Gasteiger partial charge in [0.15, 0.2) is 8.32 Å². The smallest absolute Gasteiger partial charge is 0.460 e. The van der Waals surface area contributed by atoms with Crippen molar-refractivity contribution in [2.45, 2.75) is 147 Å². The highest BCUT2D eigenvalue weighted by Gasteiger charge is 2.93. The van der Waals surface area contributed by atoms with E-state index in [4.69, 9.17) is 13.9 Å². The molecule has 0 saturated carbocycles. The van der Waals surface area contributed by atoms with E-state index in [9.17, 15) is 65.9 Å². The summed E-state index contributed by atoms with van der Waals surface area (Å²) < 4.78 is 218. The Morgan fingerprint density at radius 2 is 1.14 bits per heavy atom. The fraction of sp³-hybridized carbons (Fsp3) is 0.737. The zero-order valence-electron chi connectivity index (χ0n) is 33.3. The van der Waals surface area contributed by atoms with Gasteiger partial charge in [0.25, 0.3) is 0 Å². The first-order valence-electron chi connectivity index (χ1n) is 18.1. The molecule has 0 aliphatic carbocycles. The molecule has 1 aromatic rings. The Kier molecular flexibility index (Phi) is 17.8. The second-order valence-corrected chi connectivity index (χ2v) is 20.8. The maximum Gasteiger partial charge on any atom is 0.460 e. The molecule has 0 saturated heterocycles. The van der Waals surface area contributed by atoms with Crippen molar-refractivity contribution >= 4 is 8.32 Å². The van der Waals surface area contributed by atoms with Gasteiger partial charge in [0.2, 0.25) is 0 Å². The highest BCUT2D eigenvalue weighted by molar-refractivity contribution is 6.74. The van der Waals surface area contributed by atoms with E-state index in [0.29, 0.717) is 17.4 Å². The van der Waals surface area contributed by atoms with Crippen LogP contribution in [-0.4, -0.2) is 69.3 Å². The van der Waals surface area contributed by atoms with Gasteiger partial charge in [-0.05, 0) is 79.8 Å². The highest BCUT2D eigenvalue weighted by Crippen LogP contribution is 2.62. The summed E-state index contributed by atoms with van der Waals surface area (Å²) in [6.07, 6.45) is -1.39. The number of halogens is 15. The van der Waals surface area contributed by atoms with Crippen LogP contribution < -0.4 is 4.74 Å². The molecule has 0 amide bonds. The van der Waals surface area contributed by atoms with Gasteiger partial charge in [0.1, 0.15) is 5.75 Å². The van der Waals surface area contributed by atoms with Crippen LogP contribution in [0.1, 0.15) is 79.7 Å². The molecular weight excluding hydrogens is 817 g/mol. The molecule has 0 aliphatic rings. The Morgan fingerprint density at radius 3 is 1.65 bits per heavy atom. The van der Waals surface area contributed by atoms with E-state index >= 15 is 0 Å². The van der Waals surface area contributed by atoms with Gasteiger partial charge in [0.05, 0.1) is 19.3 Å². The summed E-state index contributed by atoms with van der Waals surface area (Å²) in [5, 5.41) is 0.156. The number of hydrogen-bond acceptors (Lipinski definition) is 3. The molecule has 0 heterocycles. The quantitative estimate of drug-likeness (QED) is 0.0475. The minimum absolute atomic E-state index is 0.0327. The lowest BCUT2D eigenvalue weighted by Crippen LogP contribution is -2.72. The summed E-state index contributed by atoms with van der Waals surface area (Å²) >= 11 is 0. The van der Waals surface area contributed by atoms with Gasteiger partial charge in [-0.3, -0.25) is 0 Å². The van der Waals surface area contributed by atoms with E-state index < -0.39 is 69.5 Å².